The zero-order chi connectivity index (χ0) is 13.7. The molecule has 0 aromatic carbocycles. The summed E-state index contributed by atoms with van der Waals surface area (Å²) < 4.78 is 6.83. The third-order valence-electron chi connectivity index (χ3n) is 2.47. The highest BCUT2D eigenvalue weighted by molar-refractivity contribution is 5.54. The van der Waals surface area contributed by atoms with Crippen molar-refractivity contribution in [2.24, 2.45) is 0 Å². The lowest BCUT2D eigenvalue weighted by Gasteiger charge is -2.10. The summed E-state index contributed by atoms with van der Waals surface area (Å²) in [7, 11) is 5.48. The van der Waals surface area contributed by atoms with Gasteiger partial charge in [-0.25, -0.2) is 4.98 Å². The van der Waals surface area contributed by atoms with Crippen LogP contribution in [0.25, 0.3) is 0 Å². The predicted molar refractivity (Wildman–Crippen MR) is 73.7 cm³/mol. The van der Waals surface area contributed by atoms with Crippen molar-refractivity contribution >= 4 is 17.5 Å². The van der Waals surface area contributed by atoms with Gasteiger partial charge in [0.1, 0.15) is 5.82 Å². The monoisotopic (exact) mass is 262 g/mol. The minimum atomic E-state index is 0.638. The summed E-state index contributed by atoms with van der Waals surface area (Å²) in [5, 5.41) is 7.42. The Morgan fingerprint density at radius 2 is 2.26 bits per heavy atom. The van der Waals surface area contributed by atoms with Crippen LogP contribution in [0.1, 0.15) is 0 Å². The maximum Gasteiger partial charge on any atom is 0.226 e. The summed E-state index contributed by atoms with van der Waals surface area (Å²) in [6.45, 7) is 1.37. The summed E-state index contributed by atoms with van der Waals surface area (Å²) in [4.78, 5) is 10.4. The molecular formula is C12H18N6O. The average molecular weight is 262 g/mol. The van der Waals surface area contributed by atoms with Gasteiger partial charge in [0.15, 0.2) is 0 Å². The fraction of sp³-hybridized carbons (Fsp3) is 0.417. The van der Waals surface area contributed by atoms with Gasteiger partial charge in [-0.3, -0.25) is 4.68 Å². The second kappa shape index (κ2) is 6.14. The van der Waals surface area contributed by atoms with Crippen LogP contribution in [0.3, 0.4) is 0 Å². The van der Waals surface area contributed by atoms with E-state index in [-0.39, 0.29) is 0 Å². The fourth-order valence-electron chi connectivity index (χ4n) is 1.52. The molecule has 7 nitrogen and oxygen atoms in total. The molecule has 0 fully saturated rings. The molecule has 0 amide bonds. The average Bonchev–Trinajstić information content (AvgIpc) is 2.84. The molecule has 7 heteroatoms. The van der Waals surface area contributed by atoms with Crippen molar-refractivity contribution in [3.63, 3.8) is 0 Å². The zero-order valence-corrected chi connectivity index (χ0v) is 11.4. The topological polar surface area (TPSA) is 68.1 Å². The fourth-order valence-corrected chi connectivity index (χ4v) is 1.52. The summed E-state index contributed by atoms with van der Waals surface area (Å²) >= 11 is 0. The summed E-state index contributed by atoms with van der Waals surface area (Å²) in [5.74, 6) is 1.40. The molecule has 0 radical (unpaired) electrons. The van der Waals surface area contributed by atoms with Gasteiger partial charge in [0.05, 0.1) is 25.0 Å². The number of ether oxygens (including phenoxy) is 1. The van der Waals surface area contributed by atoms with Gasteiger partial charge >= 0.3 is 0 Å². The molecule has 2 aromatic rings. The van der Waals surface area contributed by atoms with E-state index < -0.39 is 0 Å². The minimum absolute atomic E-state index is 0.638. The molecule has 0 aliphatic heterocycles. The van der Waals surface area contributed by atoms with Gasteiger partial charge in [-0.1, -0.05) is 0 Å². The van der Waals surface area contributed by atoms with Crippen molar-refractivity contribution in [3.8, 4) is 0 Å². The van der Waals surface area contributed by atoms with Crippen molar-refractivity contribution in [2.75, 3.05) is 38.0 Å². The third kappa shape index (κ3) is 3.65. The first-order valence-corrected chi connectivity index (χ1v) is 5.98. The van der Waals surface area contributed by atoms with Crippen LogP contribution >= 0.6 is 0 Å². The van der Waals surface area contributed by atoms with E-state index in [1.165, 1.54) is 0 Å². The SMILES string of the molecule is COCCn1cc(Nc2ccnc(N(C)C)n2)cn1. The largest absolute Gasteiger partial charge is 0.383 e. The Kier molecular flexibility index (Phi) is 4.30. The van der Waals surface area contributed by atoms with Crippen molar-refractivity contribution in [3.05, 3.63) is 24.7 Å². The molecule has 0 spiro atoms. The van der Waals surface area contributed by atoms with E-state index in [9.17, 15) is 0 Å². The number of nitrogens with zero attached hydrogens (tertiary/aromatic N) is 5. The Hall–Kier alpha value is -2.15. The molecule has 0 bridgehead atoms. The molecule has 0 unspecified atom stereocenters. The van der Waals surface area contributed by atoms with Gasteiger partial charge in [0, 0.05) is 33.6 Å². The minimum Gasteiger partial charge on any atom is -0.383 e. The van der Waals surface area contributed by atoms with Crippen LogP contribution in [0.2, 0.25) is 0 Å². The first-order valence-electron chi connectivity index (χ1n) is 5.98. The lowest BCUT2D eigenvalue weighted by atomic mass is 10.5. The molecule has 0 aliphatic rings. The van der Waals surface area contributed by atoms with E-state index in [2.05, 4.69) is 20.4 Å². The number of hydrogen-bond acceptors (Lipinski definition) is 6. The van der Waals surface area contributed by atoms with Crippen LogP contribution in [0.4, 0.5) is 17.5 Å². The molecule has 102 valence electrons. The summed E-state index contributed by atoms with van der Waals surface area (Å²) in [6, 6.07) is 1.82. The van der Waals surface area contributed by atoms with Gasteiger partial charge in [-0.2, -0.15) is 10.1 Å². The Morgan fingerprint density at radius 1 is 1.42 bits per heavy atom. The number of aromatic nitrogens is 4. The van der Waals surface area contributed by atoms with Crippen LogP contribution in [0.5, 0.6) is 0 Å². The quantitative estimate of drug-likeness (QED) is 0.841. The van der Waals surface area contributed by atoms with E-state index in [1.807, 2.05) is 35.9 Å². The van der Waals surface area contributed by atoms with Gasteiger partial charge < -0.3 is 15.0 Å². The number of rotatable bonds is 6. The van der Waals surface area contributed by atoms with Crippen LogP contribution in [-0.4, -0.2) is 47.6 Å². The number of nitrogens with one attached hydrogen (secondary N) is 1. The molecule has 2 aromatic heterocycles. The second-order valence-corrected chi connectivity index (χ2v) is 4.25. The molecule has 0 atom stereocenters. The molecule has 0 aliphatic carbocycles. The lowest BCUT2D eigenvalue weighted by Crippen LogP contribution is -2.13. The van der Waals surface area contributed by atoms with E-state index >= 15 is 0 Å². The van der Waals surface area contributed by atoms with Gasteiger partial charge in [0.2, 0.25) is 5.95 Å². The van der Waals surface area contributed by atoms with Crippen LogP contribution < -0.4 is 10.2 Å². The number of methoxy groups -OCH3 is 1. The van der Waals surface area contributed by atoms with Gasteiger partial charge in [-0.15, -0.1) is 0 Å². The Balaban J connectivity index is 2.04. The maximum absolute atomic E-state index is 5.01. The van der Waals surface area contributed by atoms with Crippen LogP contribution in [-0.2, 0) is 11.3 Å². The second-order valence-electron chi connectivity index (χ2n) is 4.25. The van der Waals surface area contributed by atoms with E-state index in [1.54, 1.807) is 19.5 Å². The third-order valence-corrected chi connectivity index (χ3v) is 2.47. The van der Waals surface area contributed by atoms with Crippen molar-refractivity contribution in [1.29, 1.82) is 0 Å². The Morgan fingerprint density at radius 3 is 3.00 bits per heavy atom. The highest BCUT2D eigenvalue weighted by Gasteiger charge is 2.03. The lowest BCUT2D eigenvalue weighted by molar-refractivity contribution is 0.183. The zero-order valence-electron chi connectivity index (χ0n) is 11.4. The van der Waals surface area contributed by atoms with Gasteiger partial charge in [-0.05, 0) is 6.07 Å². The molecule has 0 saturated carbocycles. The van der Waals surface area contributed by atoms with Crippen LogP contribution in [0, 0.1) is 0 Å². The molecule has 19 heavy (non-hydrogen) atoms. The van der Waals surface area contributed by atoms with E-state index in [0.717, 1.165) is 18.1 Å². The summed E-state index contributed by atoms with van der Waals surface area (Å²) in [5.41, 5.74) is 0.888. The Bertz CT molecular complexity index is 524. The molecule has 2 rings (SSSR count). The number of hydrogen-bond donors (Lipinski definition) is 1. The highest BCUT2D eigenvalue weighted by Crippen LogP contribution is 2.14. The molecule has 1 N–H and O–H groups in total. The van der Waals surface area contributed by atoms with Gasteiger partial charge in [0.25, 0.3) is 0 Å². The first-order chi connectivity index (χ1) is 9.19. The molecule has 0 saturated heterocycles. The number of anilines is 3. The Labute approximate surface area is 112 Å². The normalized spacial score (nSPS) is 10.5. The molecular weight excluding hydrogens is 244 g/mol. The molecule has 2 heterocycles. The standard InChI is InChI=1S/C12H18N6O/c1-17(2)12-13-5-4-11(16-12)15-10-8-14-18(9-10)6-7-19-3/h4-5,8-9H,6-7H2,1-3H3,(H,13,15,16). The maximum atomic E-state index is 5.01. The smallest absolute Gasteiger partial charge is 0.226 e. The first kappa shape index (κ1) is 13.3. The van der Waals surface area contributed by atoms with Crippen molar-refractivity contribution in [2.45, 2.75) is 6.54 Å². The predicted octanol–water partition coefficient (Wildman–Crippen LogP) is 1.13. The van der Waals surface area contributed by atoms with Crippen LogP contribution in [0.15, 0.2) is 24.7 Å². The van der Waals surface area contributed by atoms with Crippen molar-refractivity contribution in [1.82, 2.24) is 19.7 Å². The summed E-state index contributed by atoms with van der Waals surface area (Å²) in [6.07, 6.45) is 5.39. The van der Waals surface area contributed by atoms with Crippen molar-refractivity contribution < 1.29 is 4.74 Å². The van der Waals surface area contributed by atoms with E-state index in [0.29, 0.717) is 12.6 Å². The van der Waals surface area contributed by atoms with E-state index in [4.69, 9.17) is 4.74 Å². The highest BCUT2D eigenvalue weighted by atomic mass is 16.5.